The third kappa shape index (κ3) is 7.22. The molecule has 0 aromatic heterocycles. The van der Waals surface area contributed by atoms with Gasteiger partial charge in [-0.1, -0.05) is 47.7 Å². The molecular formula is C25H29NO5S2. The molecule has 0 bridgehead atoms. The van der Waals surface area contributed by atoms with Crippen LogP contribution in [0.3, 0.4) is 0 Å². The van der Waals surface area contributed by atoms with E-state index in [1.165, 1.54) is 17.3 Å². The predicted octanol–water partition coefficient (Wildman–Crippen LogP) is 5.09. The van der Waals surface area contributed by atoms with Crippen LogP contribution in [0.1, 0.15) is 25.0 Å². The Bertz CT molecular complexity index is 991. The van der Waals surface area contributed by atoms with E-state index in [0.29, 0.717) is 60.3 Å². The van der Waals surface area contributed by atoms with Crippen LogP contribution >= 0.6 is 24.0 Å². The maximum atomic E-state index is 12.4. The van der Waals surface area contributed by atoms with E-state index in [1.807, 2.05) is 69.3 Å². The lowest BCUT2D eigenvalue weighted by atomic mass is 10.2. The highest BCUT2D eigenvalue weighted by Gasteiger charge is 2.30. The number of carbonyl (C=O) groups excluding carboxylic acids is 1. The van der Waals surface area contributed by atoms with Crippen molar-refractivity contribution in [2.45, 2.75) is 20.8 Å². The molecule has 1 amide bonds. The fraction of sp³-hybridized carbons (Fsp3) is 0.360. The first-order valence-electron chi connectivity index (χ1n) is 10.9. The molecule has 1 saturated heterocycles. The van der Waals surface area contributed by atoms with Crippen molar-refractivity contribution in [1.29, 1.82) is 0 Å². The van der Waals surface area contributed by atoms with Gasteiger partial charge in [-0.3, -0.25) is 9.69 Å². The van der Waals surface area contributed by atoms with Crippen LogP contribution in [-0.2, 0) is 9.53 Å². The molecule has 0 aliphatic carbocycles. The number of amides is 1. The van der Waals surface area contributed by atoms with Gasteiger partial charge in [0, 0.05) is 6.54 Å². The van der Waals surface area contributed by atoms with Crippen LogP contribution in [0.15, 0.2) is 47.4 Å². The Morgan fingerprint density at radius 2 is 1.67 bits per heavy atom. The molecule has 3 rings (SSSR count). The molecule has 1 aliphatic heterocycles. The standard InChI is InChI=1S/C25H29NO5S2/c1-4-26-24(27)23(33-25(26)32)17-19-8-11-21(22(16-19)29-5-2)31-15-13-28-12-14-30-20-9-6-18(3)7-10-20/h6-11,16-17H,4-5,12-15H2,1-3H3/b23-17+. The average Bonchev–Trinajstić information content (AvgIpc) is 3.07. The second kappa shape index (κ2) is 12.6. The zero-order chi connectivity index (χ0) is 23.6. The van der Waals surface area contributed by atoms with Gasteiger partial charge >= 0.3 is 0 Å². The molecule has 176 valence electrons. The molecule has 2 aromatic carbocycles. The Morgan fingerprint density at radius 1 is 0.939 bits per heavy atom. The third-order valence-electron chi connectivity index (χ3n) is 4.76. The van der Waals surface area contributed by atoms with E-state index < -0.39 is 0 Å². The van der Waals surface area contributed by atoms with Crippen LogP contribution < -0.4 is 14.2 Å². The molecule has 1 aliphatic rings. The van der Waals surface area contributed by atoms with Gasteiger partial charge in [0.1, 0.15) is 23.3 Å². The number of aryl methyl sites for hydroxylation is 1. The summed E-state index contributed by atoms with van der Waals surface area (Å²) in [4.78, 5) is 14.6. The molecule has 0 spiro atoms. The number of likely N-dealkylation sites (N-methyl/N-ethyl adjacent to an activating group) is 1. The van der Waals surface area contributed by atoms with Crippen molar-refractivity contribution in [2.75, 3.05) is 39.6 Å². The topological polar surface area (TPSA) is 57.2 Å². The Balaban J connectivity index is 1.48. The van der Waals surface area contributed by atoms with Gasteiger partial charge in [-0.05, 0) is 56.7 Å². The van der Waals surface area contributed by atoms with E-state index in [0.717, 1.165) is 11.3 Å². The highest BCUT2D eigenvalue weighted by atomic mass is 32.2. The van der Waals surface area contributed by atoms with Gasteiger partial charge in [-0.15, -0.1) is 0 Å². The van der Waals surface area contributed by atoms with Gasteiger partial charge in [0.05, 0.1) is 24.7 Å². The molecule has 0 radical (unpaired) electrons. The summed E-state index contributed by atoms with van der Waals surface area (Å²) in [6, 6.07) is 13.5. The second-order valence-electron chi connectivity index (χ2n) is 7.19. The number of thioether (sulfide) groups is 1. The number of nitrogens with zero attached hydrogens (tertiary/aromatic N) is 1. The van der Waals surface area contributed by atoms with Crippen molar-refractivity contribution in [3.63, 3.8) is 0 Å². The van der Waals surface area contributed by atoms with Gasteiger partial charge < -0.3 is 18.9 Å². The van der Waals surface area contributed by atoms with Crippen molar-refractivity contribution < 1.29 is 23.7 Å². The third-order valence-corrected chi connectivity index (χ3v) is 6.14. The van der Waals surface area contributed by atoms with Crippen molar-refractivity contribution in [3.05, 3.63) is 58.5 Å². The molecular weight excluding hydrogens is 458 g/mol. The summed E-state index contributed by atoms with van der Waals surface area (Å²) in [6.45, 7) is 8.72. The highest BCUT2D eigenvalue weighted by molar-refractivity contribution is 8.26. The predicted molar refractivity (Wildman–Crippen MR) is 136 cm³/mol. The summed E-state index contributed by atoms with van der Waals surface area (Å²) in [5, 5.41) is 0. The molecule has 33 heavy (non-hydrogen) atoms. The molecule has 8 heteroatoms. The SMILES string of the molecule is CCOc1cc(/C=C2/SC(=S)N(CC)C2=O)ccc1OCCOCCOc1ccc(C)cc1. The fourth-order valence-electron chi connectivity index (χ4n) is 3.09. The minimum Gasteiger partial charge on any atom is -0.491 e. The number of hydrogen-bond donors (Lipinski definition) is 0. The number of carbonyl (C=O) groups is 1. The number of benzene rings is 2. The summed E-state index contributed by atoms with van der Waals surface area (Å²) < 4.78 is 23.4. The minimum atomic E-state index is -0.0608. The number of hydrogen-bond acceptors (Lipinski definition) is 7. The molecule has 0 unspecified atom stereocenters. The summed E-state index contributed by atoms with van der Waals surface area (Å²) in [5.74, 6) is 2.03. The van der Waals surface area contributed by atoms with Crippen LogP contribution in [0.25, 0.3) is 6.08 Å². The van der Waals surface area contributed by atoms with Crippen molar-refractivity contribution >= 4 is 40.3 Å². The normalized spacial score (nSPS) is 14.8. The van der Waals surface area contributed by atoms with E-state index in [2.05, 4.69) is 0 Å². The van der Waals surface area contributed by atoms with Crippen molar-refractivity contribution in [2.24, 2.45) is 0 Å². The van der Waals surface area contributed by atoms with E-state index in [1.54, 1.807) is 4.90 Å². The summed E-state index contributed by atoms with van der Waals surface area (Å²) >= 11 is 6.59. The quantitative estimate of drug-likeness (QED) is 0.235. The smallest absolute Gasteiger partial charge is 0.266 e. The van der Waals surface area contributed by atoms with E-state index in [9.17, 15) is 4.79 Å². The molecule has 0 N–H and O–H groups in total. The van der Waals surface area contributed by atoms with E-state index in [-0.39, 0.29) is 5.91 Å². The largest absolute Gasteiger partial charge is 0.491 e. The summed E-state index contributed by atoms with van der Waals surface area (Å²) in [6.07, 6.45) is 1.83. The van der Waals surface area contributed by atoms with Crippen LogP contribution in [0.5, 0.6) is 17.2 Å². The van der Waals surface area contributed by atoms with Crippen molar-refractivity contribution in [3.8, 4) is 17.2 Å². The van der Waals surface area contributed by atoms with Crippen LogP contribution in [0.4, 0.5) is 0 Å². The molecule has 2 aromatic rings. The van der Waals surface area contributed by atoms with Gasteiger partial charge in [0.25, 0.3) is 5.91 Å². The average molecular weight is 488 g/mol. The Labute approximate surface area is 204 Å². The van der Waals surface area contributed by atoms with Crippen LogP contribution in [-0.4, -0.2) is 54.7 Å². The van der Waals surface area contributed by atoms with Crippen LogP contribution in [0, 0.1) is 6.92 Å². The van der Waals surface area contributed by atoms with Crippen LogP contribution in [0.2, 0.25) is 0 Å². The number of thiocarbonyl (C=S) groups is 1. The Hall–Kier alpha value is -2.55. The minimum absolute atomic E-state index is 0.0608. The number of ether oxygens (including phenoxy) is 4. The molecule has 0 saturated carbocycles. The zero-order valence-electron chi connectivity index (χ0n) is 19.2. The van der Waals surface area contributed by atoms with Gasteiger partial charge in [-0.25, -0.2) is 0 Å². The molecule has 0 atom stereocenters. The van der Waals surface area contributed by atoms with Gasteiger partial charge in [0.15, 0.2) is 11.5 Å². The monoisotopic (exact) mass is 487 g/mol. The molecule has 6 nitrogen and oxygen atoms in total. The lowest BCUT2D eigenvalue weighted by molar-refractivity contribution is -0.121. The fourth-order valence-corrected chi connectivity index (χ4v) is 4.48. The Morgan fingerprint density at radius 3 is 2.33 bits per heavy atom. The molecule has 1 heterocycles. The second-order valence-corrected chi connectivity index (χ2v) is 8.86. The lowest BCUT2D eigenvalue weighted by Gasteiger charge is -2.13. The number of rotatable bonds is 12. The Kier molecular flexibility index (Phi) is 9.60. The summed E-state index contributed by atoms with van der Waals surface area (Å²) in [5.41, 5.74) is 2.05. The summed E-state index contributed by atoms with van der Waals surface area (Å²) in [7, 11) is 0. The van der Waals surface area contributed by atoms with Gasteiger partial charge in [0.2, 0.25) is 0 Å². The first kappa shape index (κ1) is 25.1. The maximum absolute atomic E-state index is 12.4. The van der Waals surface area contributed by atoms with Gasteiger partial charge in [-0.2, -0.15) is 0 Å². The highest BCUT2D eigenvalue weighted by Crippen LogP contribution is 2.34. The lowest BCUT2D eigenvalue weighted by Crippen LogP contribution is -2.27. The zero-order valence-corrected chi connectivity index (χ0v) is 20.8. The van der Waals surface area contributed by atoms with Crippen molar-refractivity contribution in [1.82, 2.24) is 4.90 Å². The maximum Gasteiger partial charge on any atom is 0.266 e. The first-order valence-corrected chi connectivity index (χ1v) is 12.2. The van der Waals surface area contributed by atoms with E-state index in [4.69, 9.17) is 31.2 Å². The molecule has 1 fully saturated rings. The van der Waals surface area contributed by atoms with E-state index >= 15 is 0 Å². The first-order chi connectivity index (χ1) is 16.0.